The van der Waals surface area contributed by atoms with Gasteiger partial charge in [-0.25, -0.2) is 4.39 Å². The van der Waals surface area contributed by atoms with Gasteiger partial charge in [-0.1, -0.05) is 6.42 Å². The lowest BCUT2D eigenvalue weighted by atomic mass is 9.95. The van der Waals surface area contributed by atoms with E-state index in [-0.39, 0.29) is 5.82 Å². The Balaban J connectivity index is 2.24. The smallest absolute Gasteiger partial charge is 0.323 e. The molecule has 0 fully saturated rings. The van der Waals surface area contributed by atoms with Gasteiger partial charge in [0.1, 0.15) is 11.4 Å². The predicted octanol–water partition coefficient (Wildman–Crippen LogP) is 3.15. The molecular weight excluding hydrogens is 265 g/mol. The standard InChI is InChI=1S/C14H20FNO2S/c1-14(16-2,13(17)18)9-3-4-10-19-12-7-5-11(15)6-8-12/h5-8,16H,3-4,9-10H2,1-2H3,(H,17,18). The molecule has 0 spiro atoms. The topological polar surface area (TPSA) is 49.3 Å². The minimum absolute atomic E-state index is 0.226. The molecule has 19 heavy (non-hydrogen) atoms. The summed E-state index contributed by atoms with van der Waals surface area (Å²) in [5.41, 5.74) is -0.847. The molecule has 1 unspecified atom stereocenters. The van der Waals surface area contributed by atoms with Gasteiger partial charge in [0.05, 0.1) is 0 Å². The number of rotatable bonds is 8. The Labute approximate surface area is 117 Å². The summed E-state index contributed by atoms with van der Waals surface area (Å²) in [6.45, 7) is 1.70. The van der Waals surface area contributed by atoms with E-state index in [2.05, 4.69) is 5.32 Å². The van der Waals surface area contributed by atoms with Gasteiger partial charge < -0.3 is 10.4 Å². The summed E-state index contributed by atoms with van der Waals surface area (Å²) >= 11 is 1.66. The number of halogens is 1. The highest BCUT2D eigenvalue weighted by molar-refractivity contribution is 7.99. The van der Waals surface area contributed by atoms with Crippen molar-refractivity contribution in [2.24, 2.45) is 0 Å². The van der Waals surface area contributed by atoms with Gasteiger partial charge in [-0.15, -0.1) is 11.8 Å². The van der Waals surface area contributed by atoms with Gasteiger partial charge in [-0.3, -0.25) is 4.79 Å². The molecule has 3 nitrogen and oxygen atoms in total. The molecule has 1 rings (SSSR count). The van der Waals surface area contributed by atoms with Crippen LogP contribution in [-0.4, -0.2) is 29.4 Å². The summed E-state index contributed by atoms with van der Waals surface area (Å²) in [7, 11) is 1.67. The molecule has 0 saturated carbocycles. The van der Waals surface area contributed by atoms with Gasteiger partial charge in [-0.05, 0) is 56.8 Å². The van der Waals surface area contributed by atoms with Crippen molar-refractivity contribution in [1.82, 2.24) is 5.32 Å². The Bertz CT molecular complexity index is 410. The van der Waals surface area contributed by atoms with Crippen LogP contribution in [0.3, 0.4) is 0 Å². The van der Waals surface area contributed by atoms with Crippen molar-refractivity contribution in [1.29, 1.82) is 0 Å². The zero-order valence-electron chi connectivity index (χ0n) is 11.3. The zero-order chi connectivity index (χ0) is 14.3. The maximum atomic E-state index is 12.7. The summed E-state index contributed by atoms with van der Waals surface area (Å²) in [6, 6.07) is 6.42. The average molecular weight is 285 g/mol. The quantitative estimate of drug-likeness (QED) is 0.569. The van der Waals surface area contributed by atoms with Crippen molar-refractivity contribution >= 4 is 17.7 Å². The fraction of sp³-hybridized carbons (Fsp3) is 0.500. The summed E-state index contributed by atoms with van der Waals surface area (Å²) in [4.78, 5) is 12.1. The lowest BCUT2D eigenvalue weighted by Crippen LogP contribution is -2.47. The van der Waals surface area contributed by atoms with Crippen LogP contribution in [0.1, 0.15) is 26.2 Å². The summed E-state index contributed by atoms with van der Waals surface area (Å²) < 4.78 is 12.7. The fourth-order valence-corrected chi connectivity index (χ4v) is 2.55. The Morgan fingerprint density at radius 3 is 2.53 bits per heavy atom. The first-order valence-corrected chi connectivity index (χ1v) is 7.27. The molecule has 1 atom stereocenters. The SMILES string of the molecule is CNC(C)(CCCCSc1ccc(F)cc1)C(=O)O. The van der Waals surface area contributed by atoms with Crippen LogP contribution in [0, 0.1) is 5.82 Å². The minimum Gasteiger partial charge on any atom is -0.480 e. The van der Waals surface area contributed by atoms with Gasteiger partial charge in [0, 0.05) is 4.90 Å². The summed E-state index contributed by atoms with van der Waals surface area (Å²) in [5, 5.41) is 11.9. The zero-order valence-corrected chi connectivity index (χ0v) is 12.1. The number of carbonyl (C=O) groups is 1. The fourth-order valence-electron chi connectivity index (χ4n) is 1.64. The number of carboxylic acids is 1. The lowest BCUT2D eigenvalue weighted by molar-refractivity contribution is -0.144. The van der Waals surface area contributed by atoms with E-state index >= 15 is 0 Å². The van der Waals surface area contributed by atoms with E-state index in [1.165, 1.54) is 12.1 Å². The molecule has 0 amide bonds. The number of benzene rings is 1. The molecule has 0 aliphatic carbocycles. The van der Waals surface area contributed by atoms with Gasteiger partial charge in [0.15, 0.2) is 0 Å². The maximum Gasteiger partial charge on any atom is 0.323 e. The Morgan fingerprint density at radius 1 is 1.37 bits per heavy atom. The third-order valence-electron chi connectivity index (χ3n) is 3.18. The first-order chi connectivity index (χ1) is 8.98. The van der Waals surface area contributed by atoms with Crippen LogP contribution >= 0.6 is 11.8 Å². The molecule has 0 aliphatic heterocycles. The number of unbranched alkanes of at least 4 members (excludes halogenated alkanes) is 1. The highest BCUT2D eigenvalue weighted by Crippen LogP contribution is 2.21. The van der Waals surface area contributed by atoms with Crippen LogP contribution in [0.2, 0.25) is 0 Å². The molecular formula is C14H20FNO2S. The van der Waals surface area contributed by atoms with Gasteiger partial charge in [0.2, 0.25) is 0 Å². The average Bonchev–Trinajstić information content (AvgIpc) is 2.40. The highest BCUT2D eigenvalue weighted by atomic mass is 32.2. The second kappa shape index (κ2) is 7.50. The van der Waals surface area contributed by atoms with E-state index in [0.29, 0.717) is 6.42 Å². The second-order valence-electron chi connectivity index (χ2n) is 4.65. The molecule has 5 heteroatoms. The number of thioether (sulfide) groups is 1. The van der Waals surface area contributed by atoms with Crippen LogP contribution in [0.25, 0.3) is 0 Å². The van der Waals surface area contributed by atoms with Crippen molar-refractivity contribution in [3.63, 3.8) is 0 Å². The van der Waals surface area contributed by atoms with E-state index in [0.717, 1.165) is 23.5 Å². The molecule has 106 valence electrons. The third-order valence-corrected chi connectivity index (χ3v) is 4.28. The third kappa shape index (κ3) is 5.20. The van der Waals surface area contributed by atoms with Crippen LogP contribution in [0.15, 0.2) is 29.2 Å². The Kier molecular flexibility index (Phi) is 6.31. The summed E-state index contributed by atoms with van der Waals surface area (Å²) in [5.74, 6) is -0.137. The first kappa shape index (κ1) is 16.0. The predicted molar refractivity (Wildman–Crippen MR) is 76.1 cm³/mol. The normalized spacial score (nSPS) is 14.1. The van der Waals surface area contributed by atoms with Gasteiger partial charge in [-0.2, -0.15) is 0 Å². The second-order valence-corrected chi connectivity index (χ2v) is 5.82. The number of nitrogens with one attached hydrogen (secondary N) is 1. The molecule has 2 N–H and O–H groups in total. The molecule has 1 aromatic carbocycles. The molecule has 1 aromatic rings. The van der Waals surface area contributed by atoms with E-state index in [4.69, 9.17) is 5.11 Å². The monoisotopic (exact) mass is 285 g/mol. The number of hydrogen-bond donors (Lipinski definition) is 2. The maximum absolute atomic E-state index is 12.7. The van der Waals surface area contributed by atoms with Crippen molar-refractivity contribution in [2.75, 3.05) is 12.8 Å². The van der Waals surface area contributed by atoms with Crippen molar-refractivity contribution in [3.05, 3.63) is 30.1 Å². The van der Waals surface area contributed by atoms with Gasteiger partial charge in [0.25, 0.3) is 0 Å². The van der Waals surface area contributed by atoms with Crippen molar-refractivity contribution < 1.29 is 14.3 Å². The number of likely N-dealkylation sites (N-methyl/N-ethyl adjacent to an activating group) is 1. The highest BCUT2D eigenvalue weighted by Gasteiger charge is 2.29. The van der Waals surface area contributed by atoms with E-state index in [9.17, 15) is 9.18 Å². The lowest BCUT2D eigenvalue weighted by Gasteiger charge is -2.23. The number of aliphatic carboxylic acids is 1. The Hall–Kier alpha value is -1.07. The van der Waals surface area contributed by atoms with E-state index < -0.39 is 11.5 Å². The molecule has 0 bridgehead atoms. The van der Waals surface area contributed by atoms with Crippen LogP contribution < -0.4 is 5.32 Å². The van der Waals surface area contributed by atoms with Crippen LogP contribution in [-0.2, 0) is 4.79 Å². The largest absolute Gasteiger partial charge is 0.480 e. The Morgan fingerprint density at radius 2 is 2.00 bits per heavy atom. The first-order valence-electron chi connectivity index (χ1n) is 6.28. The van der Waals surface area contributed by atoms with Crippen LogP contribution in [0.5, 0.6) is 0 Å². The van der Waals surface area contributed by atoms with E-state index in [1.807, 2.05) is 0 Å². The molecule has 0 heterocycles. The molecule has 0 aromatic heterocycles. The minimum atomic E-state index is -0.847. The van der Waals surface area contributed by atoms with Crippen molar-refractivity contribution in [3.8, 4) is 0 Å². The molecule has 0 saturated heterocycles. The molecule has 0 aliphatic rings. The van der Waals surface area contributed by atoms with Crippen LogP contribution in [0.4, 0.5) is 4.39 Å². The van der Waals surface area contributed by atoms with Gasteiger partial charge >= 0.3 is 5.97 Å². The van der Waals surface area contributed by atoms with E-state index in [1.54, 1.807) is 37.9 Å². The van der Waals surface area contributed by atoms with Crippen molar-refractivity contribution in [2.45, 2.75) is 36.6 Å². The number of carboxylic acid groups (broad SMARTS) is 1. The molecule has 0 radical (unpaired) electrons. The number of hydrogen-bond acceptors (Lipinski definition) is 3. The summed E-state index contributed by atoms with van der Waals surface area (Å²) in [6.07, 6.45) is 2.38.